The van der Waals surface area contributed by atoms with Gasteiger partial charge in [0.1, 0.15) is 0 Å². The molecular weight excluding hydrogens is 262 g/mol. The predicted octanol–water partition coefficient (Wildman–Crippen LogP) is -0.696. The number of alkyl halides is 1. The van der Waals surface area contributed by atoms with Crippen LogP contribution in [-0.2, 0) is 9.09 Å². The Morgan fingerprint density at radius 3 is 1.69 bits per heavy atom. The van der Waals surface area contributed by atoms with Crippen LogP contribution in [0.25, 0.3) is 0 Å². The third-order valence-corrected chi connectivity index (χ3v) is 2.01. The molecule has 0 spiro atoms. The highest BCUT2D eigenvalue weighted by Gasteiger charge is 2.31. The van der Waals surface area contributed by atoms with E-state index in [4.69, 9.17) is 36.7 Å². The molecule has 0 aromatic heterocycles. The lowest BCUT2D eigenvalue weighted by Crippen LogP contribution is -2.38. The maximum atomic E-state index is 10.3. The molecule has 0 aromatic carbocycles. The van der Waals surface area contributed by atoms with Gasteiger partial charge in [-0.25, -0.2) is 4.57 Å². The van der Waals surface area contributed by atoms with Gasteiger partial charge in [0.2, 0.25) is 0 Å². The first-order chi connectivity index (χ1) is 7.30. The zero-order valence-corrected chi connectivity index (χ0v) is 10.6. The second-order valence-corrected chi connectivity index (χ2v) is 4.78. The average molecular weight is 281 g/mol. The number of phosphoric ester groups is 1. The molecule has 5 N–H and O–H groups in total. The van der Waals surface area contributed by atoms with Crippen LogP contribution in [0.2, 0.25) is 0 Å². The van der Waals surface area contributed by atoms with Crippen LogP contribution >= 0.6 is 19.4 Å². The zero-order chi connectivity index (χ0) is 13.2. The minimum absolute atomic E-state index is 0.610. The number of hydrogen-bond acceptors (Lipinski definition) is 5. The number of hydrogen-bond donors (Lipinski definition) is 5. The first-order valence-corrected chi connectivity index (χ1v) is 6.46. The molecule has 7 nitrogen and oxygen atoms in total. The van der Waals surface area contributed by atoms with E-state index in [2.05, 4.69) is 4.52 Å². The van der Waals surface area contributed by atoms with Crippen LogP contribution in [0.4, 0.5) is 0 Å². The monoisotopic (exact) mass is 280 g/mol. The summed E-state index contributed by atoms with van der Waals surface area (Å²) in [4.78, 5) is 16.6. The number of rotatable bonds is 6. The summed E-state index contributed by atoms with van der Waals surface area (Å²) in [6.07, 6.45) is 0. The quantitative estimate of drug-likeness (QED) is 0.322. The fourth-order valence-corrected chi connectivity index (χ4v) is 0.950. The van der Waals surface area contributed by atoms with Gasteiger partial charge in [0.05, 0.1) is 31.8 Å². The molecule has 0 radical (unpaired) electrons. The number of halogens is 1. The Balaban J connectivity index is 0. The molecular formula is C7H18ClO7P. The SMILES string of the molecule is CCCl.O=P(O)(O)OCC(CO)(CO)CO. The highest BCUT2D eigenvalue weighted by Crippen LogP contribution is 2.37. The maximum Gasteiger partial charge on any atom is 0.469 e. The van der Waals surface area contributed by atoms with Crippen molar-refractivity contribution in [2.24, 2.45) is 5.41 Å². The Morgan fingerprint density at radius 2 is 1.50 bits per heavy atom. The van der Waals surface area contributed by atoms with Crippen molar-refractivity contribution in [2.45, 2.75) is 6.92 Å². The van der Waals surface area contributed by atoms with Crippen molar-refractivity contribution in [3.8, 4) is 0 Å². The summed E-state index contributed by atoms with van der Waals surface area (Å²) in [7, 11) is -4.64. The van der Waals surface area contributed by atoms with Gasteiger partial charge in [-0.05, 0) is 0 Å². The average Bonchev–Trinajstić information content (AvgIpc) is 2.21. The van der Waals surface area contributed by atoms with Crippen molar-refractivity contribution in [2.75, 3.05) is 32.3 Å². The van der Waals surface area contributed by atoms with Crippen molar-refractivity contribution in [3.05, 3.63) is 0 Å². The van der Waals surface area contributed by atoms with Gasteiger partial charge in [-0.15, -0.1) is 11.6 Å². The van der Waals surface area contributed by atoms with Gasteiger partial charge in [-0.2, -0.15) is 0 Å². The molecule has 0 heterocycles. The lowest BCUT2D eigenvalue weighted by molar-refractivity contribution is -0.0318. The fourth-order valence-electron chi connectivity index (χ4n) is 0.508. The summed E-state index contributed by atoms with van der Waals surface area (Å²) >= 11 is 5.00. The molecule has 0 saturated carbocycles. The highest BCUT2D eigenvalue weighted by atomic mass is 35.5. The van der Waals surface area contributed by atoms with Gasteiger partial charge in [0.15, 0.2) is 0 Å². The van der Waals surface area contributed by atoms with E-state index in [9.17, 15) is 4.57 Å². The van der Waals surface area contributed by atoms with Crippen LogP contribution in [0, 0.1) is 5.41 Å². The second kappa shape index (κ2) is 9.32. The van der Waals surface area contributed by atoms with E-state index in [0.29, 0.717) is 0 Å². The van der Waals surface area contributed by atoms with Crippen LogP contribution in [-0.4, -0.2) is 57.4 Å². The Hall–Kier alpha value is 0.280. The molecule has 16 heavy (non-hydrogen) atoms. The number of aliphatic hydroxyl groups excluding tert-OH is 3. The standard InChI is InChI=1S/C5H13O7P.C2H5Cl/c6-1-5(2-7,3-8)4-12-13(9,10)11;1-2-3/h6-8H,1-4H2,(H2,9,10,11);2H2,1H3. The normalized spacial score (nSPS) is 11.9. The van der Waals surface area contributed by atoms with E-state index >= 15 is 0 Å². The molecule has 0 fully saturated rings. The van der Waals surface area contributed by atoms with Crippen molar-refractivity contribution in [3.63, 3.8) is 0 Å². The third-order valence-electron chi connectivity index (χ3n) is 1.55. The summed E-state index contributed by atoms with van der Waals surface area (Å²) in [5.41, 5.74) is -1.42. The van der Waals surface area contributed by atoms with Gasteiger partial charge >= 0.3 is 7.82 Å². The lowest BCUT2D eigenvalue weighted by atomic mass is 9.93. The van der Waals surface area contributed by atoms with Gasteiger partial charge in [0.25, 0.3) is 0 Å². The van der Waals surface area contributed by atoms with E-state index in [1.165, 1.54) is 0 Å². The van der Waals surface area contributed by atoms with Crippen LogP contribution < -0.4 is 0 Å². The Kier molecular flexibility index (Phi) is 10.9. The van der Waals surface area contributed by atoms with E-state index in [0.717, 1.165) is 5.88 Å². The topological polar surface area (TPSA) is 127 Å². The molecule has 0 saturated heterocycles. The molecule has 0 aliphatic heterocycles. The molecule has 0 aromatic rings. The fraction of sp³-hybridized carbons (Fsp3) is 1.00. The molecule has 0 bridgehead atoms. The molecule has 100 valence electrons. The van der Waals surface area contributed by atoms with Crippen molar-refractivity contribution < 1.29 is 34.2 Å². The first kappa shape index (κ1) is 18.6. The second-order valence-electron chi connectivity index (χ2n) is 3.01. The number of phosphoric acid groups is 1. The van der Waals surface area contributed by atoms with Crippen LogP contribution in [0.5, 0.6) is 0 Å². The van der Waals surface area contributed by atoms with E-state index in [-0.39, 0.29) is 0 Å². The Bertz CT molecular complexity index is 195. The number of aliphatic hydroxyl groups is 3. The molecule has 0 aliphatic carbocycles. The summed E-state index contributed by atoms with van der Waals surface area (Å²) < 4.78 is 14.3. The predicted molar refractivity (Wildman–Crippen MR) is 58.1 cm³/mol. The van der Waals surface area contributed by atoms with Crippen molar-refractivity contribution in [1.82, 2.24) is 0 Å². The third kappa shape index (κ3) is 9.50. The van der Waals surface area contributed by atoms with Crippen molar-refractivity contribution in [1.29, 1.82) is 0 Å². The molecule has 0 unspecified atom stereocenters. The van der Waals surface area contributed by atoms with E-state index in [1.807, 2.05) is 6.92 Å². The van der Waals surface area contributed by atoms with Crippen LogP contribution in [0.3, 0.4) is 0 Å². The summed E-state index contributed by atoms with van der Waals surface area (Å²) in [5.74, 6) is 0.722. The summed E-state index contributed by atoms with van der Waals surface area (Å²) in [6.45, 7) is -0.595. The largest absolute Gasteiger partial charge is 0.469 e. The van der Waals surface area contributed by atoms with Gasteiger partial charge in [0, 0.05) is 5.88 Å². The molecule has 0 aliphatic rings. The smallest absolute Gasteiger partial charge is 0.396 e. The van der Waals surface area contributed by atoms with Gasteiger partial charge in [-0.3, -0.25) is 4.52 Å². The molecule has 0 rings (SSSR count). The first-order valence-electron chi connectivity index (χ1n) is 4.39. The Morgan fingerprint density at radius 1 is 1.19 bits per heavy atom. The molecule has 0 atom stereocenters. The van der Waals surface area contributed by atoms with Gasteiger partial charge < -0.3 is 25.1 Å². The van der Waals surface area contributed by atoms with E-state index in [1.54, 1.807) is 0 Å². The highest BCUT2D eigenvalue weighted by molar-refractivity contribution is 7.46. The summed E-state index contributed by atoms with van der Waals surface area (Å²) in [6, 6.07) is 0. The van der Waals surface area contributed by atoms with Crippen molar-refractivity contribution >= 4 is 19.4 Å². The van der Waals surface area contributed by atoms with Crippen LogP contribution in [0.1, 0.15) is 6.92 Å². The Labute approximate surface area is 98.9 Å². The molecule has 0 amide bonds. The van der Waals surface area contributed by atoms with Gasteiger partial charge in [-0.1, -0.05) is 6.92 Å². The molecule has 9 heteroatoms. The minimum atomic E-state index is -4.64. The zero-order valence-electron chi connectivity index (χ0n) is 8.91. The lowest BCUT2D eigenvalue weighted by Gasteiger charge is -2.26. The summed E-state index contributed by atoms with van der Waals surface area (Å²) in [5, 5.41) is 26.2. The van der Waals surface area contributed by atoms with E-state index < -0.39 is 39.7 Å². The van der Waals surface area contributed by atoms with Crippen LogP contribution in [0.15, 0.2) is 0 Å². The maximum absolute atomic E-state index is 10.3. The minimum Gasteiger partial charge on any atom is -0.396 e.